The zero-order valence-electron chi connectivity index (χ0n) is 45.1. The van der Waals surface area contributed by atoms with Gasteiger partial charge < -0.3 is 86.3 Å². The maximum absolute atomic E-state index is 14.0. The number of nitrogens with one attached hydrogen (secondary N) is 10. The predicted molar refractivity (Wildman–Crippen MR) is 277 cm³/mol. The summed E-state index contributed by atoms with van der Waals surface area (Å²) in [5.41, 5.74) is 23.1. The molecule has 0 heterocycles. The summed E-state index contributed by atoms with van der Waals surface area (Å²) in [6, 6.07) is -11.3. The van der Waals surface area contributed by atoms with Crippen molar-refractivity contribution < 1.29 is 58.2 Å². The van der Waals surface area contributed by atoms with Crippen molar-refractivity contribution in [1.29, 1.82) is 0 Å². The maximum Gasteiger partial charge on any atom is 0.249 e. The Bertz CT molecular complexity index is 1790. The number of carbonyl (C=O) groups excluding carboxylic acids is 10. The third-order valence-electron chi connectivity index (χ3n) is 11.6. The first-order valence-electron chi connectivity index (χ1n) is 26.0. The number of hydrogen-bond donors (Lipinski definition) is 16. The molecule has 0 aliphatic heterocycles. The van der Waals surface area contributed by atoms with Gasteiger partial charge in [-0.25, -0.2) is 0 Å². The normalized spacial score (nSPS) is 15.7. The fourth-order valence-electron chi connectivity index (χ4n) is 7.42. The van der Waals surface area contributed by atoms with Crippen molar-refractivity contribution in [2.75, 3.05) is 32.7 Å². The summed E-state index contributed by atoms with van der Waals surface area (Å²) >= 11 is 0. The number of aliphatic hydroxyl groups is 2. The number of amides is 10. The van der Waals surface area contributed by atoms with E-state index in [1.807, 2.05) is 6.92 Å². The summed E-state index contributed by atoms with van der Waals surface area (Å²) in [5, 5.41) is 45.9. The lowest BCUT2D eigenvalue weighted by molar-refractivity contribution is -0.136. The van der Waals surface area contributed by atoms with Crippen LogP contribution in [0, 0.1) is 11.8 Å². The van der Waals surface area contributed by atoms with Gasteiger partial charge in [-0.15, -0.1) is 0 Å². The third kappa shape index (κ3) is 26.6. The van der Waals surface area contributed by atoms with Crippen LogP contribution in [0.3, 0.4) is 0 Å². The van der Waals surface area contributed by atoms with Crippen LogP contribution in [0.2, 0.25) is 0 Å². The van der Waals surface area contributed by atoms with Crippen LogP contribution in [0.15, 0.2) is 0 Å². The lowest BCUT2D eigenvalue weighted by atomic mass is 9.99. The van der Waals surface area contributed by atoms with E-state index in [4.69, 9.17) is 22.9 Å². The summed E-state index contributed by atoms with van der Waals surface area (Å²) in [4.78, 5) is 134. The zero-order valence-corrected chi connectivity index (χ0v) is 45.1. The first-order chi connectivity index (χ1) is 34.8. The average Bonchev–Trinajstić information content (AvgIpc) is 3.32. The molecule has 0 saturated carbocycles. The Kier molecular flexibility index (Phi) is 34.4. The van der Waals surface area contributed by atoms with Gasteiger partial charge in [0.1, 0.15) is 60.5 Å². The summed E-state index contributed by atoms with van der Waals surface area (Å²) in [7, 11) is 0. The van der Waals surface area contributed by atoms with Crippen LogP contribution in [-0.2, 0) is 47.9 Å². The Hall–Kier alpha value is -5.54. The maximum atomic E-state index is 14.0. The van der Waals surface area contributed by atoms with Crippen molar-refractivity contribution in [2.24, 2.45) is 34.8 Å². The fourth-order valence-corrected chi connectivity index (χ4v) is 7.42. The molecule has 0 fully saturated rings. The molecule has 3 unspecified atom stereocenters. The summed E-state index contributed by atoms with van der Waals surface area (Å²) < 4.78 is 0. The molecule has 0 saturated heterocycles. The van der Waals surface area contributed by atoms with Crippen LogP contribution in [0.4, 0.5) is 0 Å². The van der Waals surface area contributed by atoms with Gasteiger partial charge in [0, 0.05) is 6.54 Å². The number of unbranched alkanes of at least 4 members (excludes halogenated alkanes) is 3. The molecule has 0 bridgehead atoms. The van der Waals surface area contributed by atoms with Gasteiger partial charge in [-0.1, -0.05) is 60.3 Å². The van der Waals surface area contributed by atoms with Crippen molar-refractivity contribution in [3.05, 3.63) is 0 Å². The Balaban J connectivity index is 6.12. The van der Waals surface area contributed by atoms with Crippen molar-refractivity contribution in [3.63, 3.8) is 0 Å². The van der Waals surface area contributed by atoms with Gasteiger partial charge in [0.25, 0.3) is 0 Å². The van der Waals surface area contributed by atoms with Gasteiger partial charge in [0.05, 0.1) is 6.10 Å². The van der Waals surface area contributed by atoms with E-state index < -0.39 is 126 Å². The number of hydrogen-bond acceptors (Lipinski definition) is 16. The minimum atomic E-state index is -1.34. The lowest BCUT2D eigenvalue weighted by Crippen LogP contribution is -2.61. The number of rotatable bonds is 38. The molecular formula is C48H92N14O12. The van der Waals surface area contributed by atoms with Crippen LogP contribution in [0.25, 0.3) is 0 Å². The number of carbonyl (C=O) groups is 10. The third-order valence-corrected chi connectivity index (χ3v) is 11.6. The fraction of sp³-hybridized carbons (Fsp3) is 0.792. The molecule has 0 aromatic rings. The van der Waals surface area contributed by atoms with Crippen LogP contribution in [-0.4, -0.2) is 169 Å². The van der Waals surface area contributed by atoms with Crippen LogP contribution in [0.5, 0.6) is 0 Å². The Morgan fingerprint density at radius 1 is 0.378 bits per heavy atom. The highest BCUT2D eigenvalue weighted by atomic mass is 16.3. The highest BCUT2D eigenvalue weighted by Crippen LogP contribution is 2.12. The van der Waals surface area contributed by atoms with Gasteiger partial charge in [0.2, 0.25) is 59.1 Å². The molecule has 11 atom stereocenters. The summed E-state index contributed by atoms with van der Waals surface area (Å²) in [6.45, 7) is 14.9. The van der Waals surface area contributed by atoms with E-state index in [1.165, 1.54) is 20.8 Å². The minimum Gasteiger partial charge on any atom is -0.391 e. The molecule has 26 nitrogen and oxygen atoms in total. The van der Waals surface area contributed by atoms with Gasteiger partial charge in [-0.3, -0.25) is 47.9 Å². The van der Waals surface area contributed by atoms with E-state index in [-0.39, 0.29) is 89.5 Å². The molecule has 0 aromatic heterocycles. The Morgan fingerprint density at radius 2 is 0.703 bits per heavy atom. The molecule has 10 amide bonds. The van der Waals surface area contributed by atoms with Gasteiger partial charge in [0.15, 0.2) is 0 Å². The van der Waals surface area contributed by atoms with Crippen LogP contribution >= 0.6 is 0 Å². The van der Waals surface area contributed by atoms with Gasteiger partial charge >= 0.3 is 0 Å². The SMILES string of the molecule is CCCCCCC(O)C(=O)N[C@@H](C)C(=O)N[C@@H](CCN)C(=O)N[C@@H](C)C(=O)N[C@@H](CCN)C(=O)N[C@H](CC(C)C)C(=O)N[C@@H](CC(C)C)C(=O)NC(CCN)C(=O)N[C@@H](CCN)C(=O)N[C@H](C(=O)NCC)C(C)O. The molecule has 0 rings (SSSR count). The highest BCUT2D eigenvalue weighted by molar-refractivity contribution is 5.98. The van der Waals surface area contributed by atoms with Crippen molar-refractivity contribution in [2.45, 2.75) is 200 Å². The van der Waals surface area contributed by atoms with Gasteiger partial charge in [-0.05, 0) is 111 Å². The molecule has 0 aromatic carbocycles. The zero-order chi connectivity index (χ0) is 56.7. The Morgan fingerprint density at radius 3 is 1.04 bits per heavy atom. The molecule has 26 heteroatoms. The van der Waals surface area contributed by atoms with E-state index in [1.54, 1.807) is 34.6 Å². The smallest absolute Gasteiger partial charge is 0.249 e. The minimum absolute atomic E-state index is 0.0390. The van der Waals surface area contributed by atoms with E-state index in [2.05, 4.69) is 53.2 Å². The predicted octanol–water partition coefficient (Wildman–Crippen LogP) is -4.28. The van der Waals surface area contributed by atoms with Crippen LogP contribution < -0.4 is 76.1 Å². The number of nitrogens with two attached hydrogens (primary N) is 4. The summed E-state index contributed by atoms with van der Waals surface area (Å²) in [5.74, 6) is -8.04. The molecule has 0 radical (unpaired) electrons. The molecule has 0 aliphatic carbocycles. The standard InChI is InChI=1S/C48H92N14O12/c1-10-12-13-14-15-37(64)47(73)55-29(8)40(66)56-31(16-20-49)41(67)54-28(7)39(65)57-32(17-21-50)43(69)60-36(25-27(5)6)46(72)61-35(24-26(3)4)45(71)59-33(18-22-51)42(68)58-34(19-23-52)44(70)62-38(30(9)63)48(74)53-11-2/h26-38,63-64H,10-25,49-52H2,1-9H3,(H,53,74)(H,54,67)(H,55,73)(H,56,66)(H,57,65)(H,58,68)(H,59,71)(H,60,69)(H,61,72)(H,62,70)/t28-,29-,30?,31-,32-,33?,34-,35-,36+,37?,38-/m0/s1. The molecule has 426 valence electrons. The van der Waals surface area contributed by atoms with Crippen molar-refractivity contribution in [1.82, 2.24) is 53.2 Å². The molecule has 0 aliphatic rings. The monoisotopic (exact) mass is 1060 g/mol. The molecule has 20 N–H and O–H groups in total. The number of aliphatic hydroxyl groups excluding tert-OH is 2. The van der Waals surface area contributed by atoms with Crippen molar-refractivity contribution in [3.8, 4) is 0 Å². The topological polar surface area (TPSA) is 436 Å². The quantitative estimate of drug-likeness (QED) is 0.0260. The first kappa shape index (κ1) is 68.5. The lowest BCUT2D eigenvalue weighted by Gasteiger charge is -2.29. The van der Waals surface area contributed by atoms with Crippen LogP contribution in [0.1, 0.15) is 133 Å². The Labute approximate surface area is 436 Å². The van der Waals surface area contributed by atoms with E-state index >= 15 is 0 Å². The largest absolute Gasteiger partial charge is 0.391 e. The molecular weight excluding hydrogens is 965 g/mol. The van der Waals surface area contributed by atoms with Crippen molar-refractivity contribution >= 4 is 59.1 Å². The first-order valence-corrected chi connectivity index (χ1v) is 26.0. The summed E-state index contributed by atoms with van der Waals surface area (Å²) in [6.07, 6.45) is 0.906. The molecule has 74 heavy (non-hydrogen) atoms. The van der Waals surface area contributed by atoms with E-state index in [9.17, 15) is 58.2 Å². The van der Waals surface area contributed by atoms with Gasteiger partial charge in [-0.2, -0.15) is 0 Å². The van der Waals surface area contributed by atoms with E-state index in [0.29, 0.717) is 6.42 Å². The highest BCUT2D eigenvalue weighted by Gasteiger charge is 2.35. The number of likely N-dealkylation sites (N-methyl/N-ethyl adjacent to an activating group) is 1. The second kappa shape index (κ2) is 37.2. The molecule has 0 spiro atoms. The second-order valence-corrected chi connectivity index (χ2v) is 19.4. The van der Waals surface area contributed by atoms with E-state index in [0.717, 1.165) is 19.3 Å². The second-order valence-electron chi connectivity index (χ2n) is 19.4. The average molecular weight is 1060 g/mol.